The maximum atomic E-state index is 13.3. The number of benzene rings is 1. The minimum absolute atomic E-state index is 0.412. The van der Waals surface area contributed by atoms with E-state index in [4.69, 9.17) is 5.73 Å². The van der Waals surface area contributed by atoms with Gasteiger partial charge in [0.15, 0.2) is 0 Å². The topological polar surface area (TPSA) is 58.7 Å². The summed E-state index contributed by atoms with van der Waals surface area (Å²) in [5, 5.41) is 0. The van der Waals surface area contributed by atoms with E-state index in [0.29, 0.717) is 18.3 Å². The molecule has 106 valence electrons. The Kier molecular flexibility index (Phi) is 4.47. The van der Waals surface area contributed by atoms with E-state index >= 15 is 0 Å². The van der Waals surface area contributed by atoms with Crippen LogP contribution < -0.4 is 5.73 Å². The molecule has 1 aliphatic rings. The molecular weight excluding hydrogens is 258 g/mol. The van der Waals surface area contributed by atoms with Gasteiger partial charge in [-0.25, -0.2) is 12.9 Å². The highest BCUT2D eigenvalue weighted by atomic mass is 32.2. The summed E-state index contributed by atoms with van der Waals surface area (Å²) in [4.78, 5) is 0.771. The average Bonchev–Trinajstić information content (AvgIpc) is 3.23. The van der Waals surface area contributed by atoms with Gasteiger partial charge in [0.05, 0.1) is 4.90 Å². The molecule has 1 aromatic carbocycles. The van der Waals surface area contributed by atoms with E-state index in [2.05, 4.69) is 11.3 Å². The summed E-state index contributed by atoms with van der Waals surface area (Å²) in [6.45, 7) is 2.77. The molecule has 1 aliphatic carbocycles. The molecule has 1 saturated carbocycles. The molecule has 4 nitrogen and oxygen atoms in total. The van der Waals surface area contributed by atoms with Crippen LogP contribution in [0, 0.1) is 0 Å². The lowest BCUT2D eigenvalue weighted by atomic mass is 10.3. The number of nitrogens with zero attached hydrogens (tertiary/aromatic N) is 2. The monoisotopic (exact) mass is 281 g/mol. The van der Waals surface area contributed by atoms with Gasteiger partial charge in [0.2, 0.25) is 0 Å². The van der Waals surface area contributed by atoms with Gasteiger partial charge in [-0.3, -0.25) is 0 Å². The first kappa shape index (κ1) is 14.3. The Morgan fingerprint density at radius 1 is 1.37 bits per heavy atom. The third-order valence-electron chi connectivity index (χ3n) is 3.42. The summed E-state index contributed by atoms with van der Waals surface area (Å²) in [5.41, 5.74) is 6.39. The highest BCUT2D eigenvalue weighted by Crippen LogP contribution is 2.32. The van der Waals surface area contributed by atoms with Crippen molar-refractivity contribution in [2.75, 3.05) is 19.3 Å². The van der Waals surface area contributed by atoms with Crippen molar-refractivity contribution in [3.05, 3.63) is 24.3 Å². The highest BCUT2D eigenvalue weighted by molar-refractivity contribution is 7.91. The van der Waals surface area contributed by atoms with Gasteiger partial charge in [-0.2, -0.15) is 0 Å². The molecule has 0 saturated heterocycles. The van der Waals surface area contributed by atoms with Crippen LogP contribution in [0.15, 0.2) is 33.5 Å². The quantitative estimate of drug-likeness (QED) is 0.644. The van der Waals surface area contributed by atoms with E-state index in [-0.39, 0.29) is 0 Å². The average molecular weight is 281 g/mol. The van der Waals surface area contributed by atoms with Gasteiger partial charge in [0.1, 0.15) is 9.92 Å². The second-order valence-electron chi connectivity index (χ2n) is 5.05. The van der Waals surface area contributed by atoms with E-state index < -0.39 is 9.92 Å². The van der Waals surface area contributed by atoms with E-state index in [1.165, 1.54) is 0 Å². The van der Waals surface area contributed by atoms with Crippen LogP contribution in [0.4, 0.5) is 5.69 Å². The third-order valence-corrected chi connectivity index (χ3v) is 5.91. The number of unbranched alkanes of at least 4 members (excludes halogenated alkanes) is 1. The van der Waals surface area contributed by atoms with Gasteiger partial charge < -0.3 is 5.73 Å². The number of hydrogen-bond donors (Lipinski definition) is 1. The SMILES string of the molecule is CCCCN=S(=O)(c1ccc(N)cc1)N(C)C1CC1. The standard InChI is InChI=1S/C14H23N3OS/c1-3-4-11-16-19(18,17(2)13-7-8-13)14-9-5-12(15)6-10-14/h5-6,9-10,13H,3-4,7-8,11,15H2,1-2H3. The predicted octanol–water partition coefficient (Wildman–Crippen LogP) is 2.91. The number of nitrogen functional groups attached to an aromatic ring is 1. The van der Waals surface area contributed by atoms with Gasteiger partial charge in [-0.1, -0.05) is 13.3 Å². The summed E-state index contributed by atoms with van der Waals surface area (Å²) >= 11 is 0. The molecule has 0 radical (unpaired) electrons. The van der Waals surface area contributed by atoms with Crippen LogP contribution in [-0.4, -0.2) is 28.1 Å². The van der Waals surface area contributed by atoms with E-state index in [1.54, 1.807) is 12.1 Å². The van der Waals surface area contributed by atoms with Crippen LogP contribution in [-0.2, 0) is 9.92 Å². The van der Waals surface area contributed by atoms with Crippen molar-refractivity contribution in [1.82, 2.24) is 4.31 Å². The van der Waals surface area contributed by atoms with Gasteiger partial charge in [0.25, 0.3) is 0 Å². The van der Waals surface area contributed by atoms with Crippen molar-refractivity contribution in [1.29, 1.82) is 0 Å². The Hall–Kier alpha value is -1.07. The van der Waals surface area contributed by atoms with Gasteiger partial charge in [-0.15, -0.1) is 0 Å². The second-order valence-corrected chi connectivity index (χ2v) is 7.35. The van der Waals surface area contributed by atoms with Gasteiger partial charge >= 0.3 is 0 Å². The summed E-state index contributed by atoms with van der Waals surface area (Å²) in [6, 6.07) is 7.68. The largest absolute Gasteiger partial charge is 0.399 e. The zero-order chi connectivity index (χ0) is 13.9. The van der Waals surface area contributed by atoms with Crippen molar-refractivity contribution in [2.24, 2.45) is 4.36 Å². The minimum atomic E-state index is -2.47. The smallest absolute Gasteiger partial charge is 0.139 e. The summed E-state index contributed by atoms with van der Waals surface area (Å²) in [7, 11) is -0.547. The number of anilines is 1. The lowest BCUT2D eigenvalue weighted by Crippen LogP contribution is -2.29. The maximum absolute atomic E-state index is 13.3. The molecule has 0 aromatic heterocycles. The van der Waals surface area contributed by atoms with E-state index in [0.717, 1.165) is 30.6 Å². The number of hydrogen-bond acceptors (Lipinski definition) is 3. The molecule has 0 aliphatic heterocycles. The minimum Gasteiger partial charge on any atom is -0.399 e. The molecule has 5 heteroatoms. The normalized spacial score (nSPS) is 18.3. The van der Waals surface area contributed by atoms with E-state index in [9.17, 15) is 4.21 Å². The van der Waals surface area contributed by atoms with Gasteiger partial charge in [-0.05, 0) is 43.5 Å². The van der Waals surface area contributed by atoms with Crippen LogP contribution in [0.1, 0.15) is 32.6 Å². The molecule has 0 bridgehead atoms. The lowest BCUT2D eigenvalue weighted by molar-refractivity contribution is 0.506. The highest BCUT2D eigenvalue weighted by Gasteiger charge is 2.33. The molecule has 1 unspecified atom stereocenters. The first-order valence-corrected chi connectivity index (χ1v) is 8.36. The zero-order valence-corrected chi connectivity index (χ0v) is 12.5. The first-order chi connectivity index (χ1) is 9.08. The van der Waals surface area contributed by atoms with Crippen LogP contribution >= 0.6 is 0 Å². The fourth-order valence-corrected chi connectivity index (χ4v) is 4.11. The molecule has 2 rings (SSSR count). The Balaban J connectivity index is 2.35. The molecule has 0 spiro atoms. The molecule has 1 aromatic rings. The summed E-state index contributed by atoms with van der Waals surface area (Å²) < 4.78 is 19.7. The predicted molar refractivity (Wildman–Crippen MR) is 80.3 cm³/mol. The molecule has 0 heterocycles. The molecular formula is C14H23N3OS. The second kappa shape index (κ2) is 5.92. The fourth-order valence-electron chi connectivity index (χ4n) is 1.96. The molecule has 1 atom stereocenters. The molecule has 0 amide bonds. The Bertz CT molecular complexity index is 528. The zero-order valence-electron chi connectivity index (χ0n) is 11.7. The van der Waals surface area contributed by atoms with Crippen LogP contribution in [0.25, 0.3) is 0 Å². The maximum Gasteiger partial charge on any atom is 0.139 e. The van der Waals surface area contributed by atoms with Crippen molar-refractivity contribution in [3.63, 3.8) is 0 Å². The number of nitrogens with two attached hydrogens (primary N) is 1. The molecule has 1 fully saturated rings. The first-order valence-electron chi connectivity index (χ1n) is 6.89. The lowest BCUT2D eigenvalue weighted by Gasteiger charge is -2.22. The third kappa shape index (κ3) is 3.28. The van der Waals surface area contributed by atoms with E-state index in [1.807, 2.05) is 23.5 Å². The summed E-state index contributed by atoms with van der Waals surface area (Å²) in [6.07, 6.45) is 4.27. The number of rotatable bonds is 6. The molecule has 2 N–H and O–H groups in total. The Morgan fingerprint density at radius 3 is 2.53 bits per heavy atom. The Labute approximate surface area is 116 Å². The van der Waals surface area contributed by atoms with Crippen LogP contribution in [0.3, 0.4) is 0 Å². The summed E-state index contributed by atoms with van der Waals surface area (Å²) in [5.74, 6) is 0. The van der Waals surface area contributed by atoms with Crippen molar-refractivity contribution in [2.45, 2.75) is 43.5 Å². The van der Waals surface area contributed by atoms with Crippen LogP contribution in [0.5, 0.6) is 0 Å². The van der Waals surface area contributed by atoms with Crippen molar-refractivity contribution in [3.8, 4) is 0 Å². The molecule has 19 heavy (non-hydrogen) atoms. The Morgan fingerprint density at radius 2 is 2.00 bits per heavy atom. The van der Waals surface area contributed by atoms with Crippen molar-refractivity contribution >= 4 is 15.6 Å². The van der Waals surface area contributed by atoms with Crippen molar-refractivity contribution < 1.29 is 4.21 Å². The van der Waals surface area contributed by atoms with Crippen LogP contribution in [0.2, 0.25) is 0 Å². The fraction of sp³-hybridized carbons (Fsp3) is 0.571. The van der Waals surface area contributed by atoms with Gasteiger partial charge in [0, 0.05) is 25.3 Å².